The molecule has 4 nitrogen and oxygen atoms in total. The highest BCUT2D eigenvalue weighted by Crippen LogP contribution is 2.22. The van der Waals surface area contributed by atoms with E-state index in [4.69, 9.17) is 14.7 Å². The molecule has 2 aromatic carbocycles. The Hall–Kier alpha value is -2.67. The van der Waals surface area contributed by atoms with Crippen LogP contribution >= 0.6 is 0 Å². The second kappa shape index (κ2) is 6.48. The molecule has 0 saturated heterocycles. The van der Waals surface area contributed by atoms with Crippen molar-refractivity contribution < 1.29 is 9.47 Å². The highest BCUT2D eigenvalue weighted by molar-refractivity contribution is 5.60. The van der Waals surface area contributed by atoms with Crippen LogP contribution in [0.25, 0.3) is 0 Å². The van der Waals surface area contributed by atoms with Crippen molar-refractivity contribution >= 4 is 5.69 Å². The normalized spacial score (nSPS) is 9.65. The van der Waals surface area contributed by atoms with Gasteiger partial charge in [-0.3, -0.25) is 0 Å². The van der Waals surface area contributed by atoms with Gasteiger partial charge >= 0.3 is 0 Å². The molecular weight excluding hydrogens is 252 g/mol. The van der Waals surface area contributed by atoms with E-state index in [1.165, 1.54) is 0 Å². The van der Waals surface area contributed by atoms with Crippen molar-refractivity contribution in [3.05, 3.63) is 53.6 Å². The molecule has 20 heavy (non-hydrogen) atoms. The van der Waals surface area contributed by atoms with E-state index < -0.39 is 0 Å². The Kier molecular flexibility index (Phi) is 4.46. The maximum Gasteiger partial charge on any atom is 0.121 e. The summed E-state index contributed by atoms with van der Waals surface area (Å²) in [5.74, 6) is 1.55. The predicted octanol–water partition coefficient (Wildman–Crippen LogP) is 3.19. The van der Waals surface area contributed by atoms with E-state index in [-0.39, 0.29) is 0 Å². The zero-order valence-electron chi connectivity index (χ0n) is 11.5. The van der Waals surface area contributed by atoms with E-state index in [9.17, 15) is 0 Å². The first-order chi connectivity index (χ1) is 9.76. The smallest absolute Gasteiger partial charge is 0.121 e. The molecule has 2 rings (SSSR count). The van der Waals surface area contributed by atoms with Crippen LogP contribution in [-0.2, 0) is 6.54 Å². The van der Waals surface area contributed by atoms with Gasteiger partial charge in [0.25, 0.3) is 0 Å². The summed E-state index contributed by atoms with van der Waals surface area (Å²) in [5, 5.41) is 12.3. The Bertz CT molecular complexity index is 615. The van der Waals surface area contributed by atoms with Gasteiger partial charge in [-0.05, 0) is 29.8 Å². The maximum atomic E-state index is 9.10. The lowest BCUT2D eigenvalue weighted by atomic mass is 10.1. The van der Waals surface area contributed by atoms with Crippen LogP contribution in [0, 0.1) is 11.3 Å². The third-order valence-corrected chi connectivity index (χ3v) is 2.99. The van der Waals surface area contributed by atoms with E-state index in [0.29, 0.717) is 12.1 Å². The number of hydrogen-bond donors (Lipinski definition) is 1. The van der Waals surface area contributed by atoms with Gasteiger partial charge in [0.2, 0.25) is 0 Å². The van der Waals surface area contributed by atoms with Gasteiger partial charge in [0, 0.05) is 12.6 Å². The SMILES string of the molecule is COc1ccc(CNc2cc(OC)ccc2C#N)cc1. The lowest BCUT2D eigenvalue weighted by Gasteiger charge is -2.10. The molecule has 2 aromatic rings. The molecule has 0 aromatic heterocycles. The summed E-state index contributed by atoms with van der Waals surface area (Å²) in [4.78, 5) is 0. The van der Waals surface area contributed by atoms with Crippen LogP contribution in [0.2, 0.25) is 0 Å². The van der Waals surface area contributed by atoms with Crippen LogP contribution in [0.4, 0.5) is 5.69 Å². The predicted molar refractivity (Wildman–Crippen MR) is 78.0 cm³/mol. The average Bonchev–Trinajstić information content (AvgIpc) is 2.53. The summed E-state index contributed by atoms with van der Waals surface area (Å²) in [6, 6.07) is 15.3. The van der Waals surface area contributed by atoms with Crippen molar-refractivity contribution in [2.45, 2.75) is 6.54 Å². The highest BCUT2D eigenvalue weighted by atomic mass is 16.5. The maximum absolute atomic E-state index is 9.10. The second-order valence-electron chi connectivity index (χ2n) is 4.22. The molecule has 102 valence electrons. The van der Waals surface area contributed by atoms with Gasteiger partial charge in [-0.1, -0.05) is 12.1 Å². The minimum absolute atomic E-state index is 0.597. The summed E-state index contributed by atoms with van der Waals surface area (Å²) in [6.07, 6.45) is 0. The fraction of sp³-hybridized carbons (Fsp3) is 0.188. The van der Waals surface area contributed by atoms with Crippen molar-refractivity contribution in [1.82, 2.24) is 0 Å². The number of nitriles is 1. The van der Waals surface area contributed by atoms with Gasteiger partial charge in [0.05, 0.1) is 25.5 Å². The fourth-order valence-corrected chi connectivity index (χ4v) is 1.83. The molecule has 4 heteroatoms. The molecule has 0 radical (unpaired) electrons. The summed E-state index contributed by atoms with van der Waals surface area (Å²) >= 11 is 0. The number of hydrogen-bond acceptors (Lipinski definition) is 4. The average molecular weight is 268 g/mol. The molecule has 0 atom stereocenters. The third-order valence-electron chi connectivity index (χ3n) is 2.99. The zero-order chi connectivity index (χ0) is 14.4. The van der Waals surface area contributed by atoms with Crippen molar-refractivity contribution in [2.24, 2.45) is 0 Å². The first kappa shape index (κ1) is 13.8. The molecule has 0 saturated carbocycles. The summed E-state index contributed by atoms with van der Waals surface area (Å²) < 4.78 is 10.3. The molecule has 0 fully saturated rings. The lowest BCUT2D eigenvalue weighted by molar-refractivity contribution is 0.414. The van der Waals surface area contributed by atoms with Crippen LogP contribution in [-0.4, -0.2) is 14.2 Å². The molecule has 0 bridgehead atoms. The van der Waals surface area contributed by atoms with Crippen molar-refractivity contribution in [2.75, 3.05) is 19.5 Å². The molecular formula is C16H16N2O2. The Morgan fingerprint density at radius 1 is 1.00 bits per heavy atom. The van der Waals surface area contributed by atoms with Gasteiger partial charge in [-0.15, -0.1) is 0 Å². The number of nitrogens with one attached hydrogen (secondary N) is 1. The largest absolute Gasteiger partial charge is 0.497 e. The second-order valence-corrected chi connectivity index (χ2v) is 4.22. The topological polar surface area (TPSA) is 54.3 Å². The van der Waals surface area contributed by atoms with Crippen LogP contribution < -0.4 is 14.8 Å². The van der Waals surface area contributed by atoms with E-state index in [0.717, 1.165) is 22.7 Å². The molecule has 0 aliphatic rings. The van der Waals surface area contributed by atoms with Gasteiger partial charge in [-0.2, -0.15) is 5.26 Å². The van der Waals surface area contributed by atoms with E-state index in [1.807, 2.05) is 30.3 Å². The Morgan fingerprint density at radius 3 is 2.25 bits per heavy atom. The van der Waals surface area contributed by atoms with Crippen LogP contribution in [0.3, 0.4) is 0 Å². The number of anilines is 1. The Labute approximate surface area is 118 Å². The Balaban J connectivity index is 2.11. The van der Waals surface area contributed by atoms with Crippen molar-refractivity contribution in [3.8, 4) is 17.6 Å². The Morgan fingerprint density at radius 2 is 1.65 bits per heavy atom. The number of rotatable bonds is 5. The number of nitrogens with zero attached hydrogens (tertiary/aromatic N) is 1. The molecule has 0 amide bonds. The molecule has 0 heterocycles. The summed E-state index contributed by atoms with van der Waals surface area (Å²) in [6.45, 7) is 0.631. The lowest BCUT2D eigenvalue weighted by Crippen LogP contribution is -2.01. The fourth-order valence-electron chi connectivity index (χ4n) is 1.83. The van der Waals surface area contributed by atoms with E-state index in [1.54, 1.807) is 26.4 Å². The minimum atomic E-state index is 0.597. The van der Waals surface area contributed by atoms with Gasteiger partial charge in [0.1, 0.15) is 17.6 Å². The molecule has 1 N–H and O–H groups in total. The van der Waals surface area contributed by atoms with E-state index in [2.05, 4.69) is 11.4 Å². The quantitative estimate of drug-likeness (QED) is 0.904. The van der Waals surface area contributed by atoms with E-state index >= 15 is 0 Å². The van der Waals surface area contributed by atoms with Crippen molar-refractivity contribution in [1.29, 1.82) is 5.26 Å². The van der Waals surface area contributed by atoms with Crippen LogP contribution in [0.5, 0.6) is 11.5 Å². The van der Waals surface area contributed by atoms with Gasteiger partial charge in [-0.25, -0.2) is 0 Å². The van der Waals surface area contributed by atoms with Crippen LogP contribution in [0.15, 0.2) is 42.5 Å². The minimum Gasteiger partial charge on any atom is -0.497 e. The number of ether oxygens (including phenoxy) is 2. The standard InChI is InChI=1S/C16H16N2O2/c1-19-14-6-3-12(4-7-14)11-18-16-9-15(20-2)8-5-13(16)10-17/h3-9,18H,11H2,1-2H3. The zero-order valence-corrected chi connectivity index (χ0v) is 11.5. The highest BCUT2D eigenvalue weighted by Gasteiger charge is 2.04. The number of methoxy groups -OCH3 is 2. The van der Waals surface area contributed by atoms with Crippen molar-refractivity contribution in [3.63, 3.8) is 0 Å². The first-order valence-electron chi connectivity index (χ1n) is 6.21. The van der Waals surface area contributed by atoms with Crippen LogP contribution in [0.1, 0.15) is 11.1 Å². The molecule has 0 aliphatic heterocycles. The molecule has 0 spiro atoms. The summed E-state index contributed by atoms with van der Waals surface area (Å²) in [7, 11) is 3.25. The third kappa shape index (κ3) is 3.21. The number of benzene rings is 2. The molecule has 0 unspecified atom stereocenters. The summed E-state index contributed by atoms with van der Waals surface area (Å²) in [5.41, 5.74) is 2.47. The molecule has 0 aliphatic carbocycles. The monoisotopic (exact) mass is 268 g/mol. The van der Waals surface area contributed by atoms with Gasteiger partial charge < -0.3 is 14.8 Å². The van der Waals surface area contributed by atoms with Gasteiger partial charge in [0.15, 0.2) is 0 Å². The first-order valence-corrected chi connectivity index (χ1v) is 6.21.